The number of fused-ring (bicyclic) bond motifs is 1. The van der Waals surface area contributed by atoms with Gasteiger partial charge < -0.3 is 32.0 Å². The molecule has 0 aliphatic carbocycles. The summed E-state index contributed by atoms with van der Waals surface area (Å²) in [7, 11) is 0. The fraction of sp³-hybridized carbons (Fsp3) is 0.318. The lowest BCUT2D eigenvalue weighted by atomic mass is 9.93. The van der Waals surface area contributed by atoms with Crippen LogP contribution in [-0.4, -0.2) is 54.9 Å². The number of anilines is 2. The highest BCUT2D eigenvalue weighted by Crippen LogP contribution is 2.28. The van der Waals surface area contributed by atoms with Crippen molar-refractivity contribution < 1.29 is 24.6 Å². The van der Waals surface area contributed by atoms with Crippen LogP contribution in [0.2, 0.25) is 0 Å². The maximum absolute atomic E-state index is 12.4. The van der Waals surface area contributed by atoms with E-state index in [9.17, 15) is 19.5 Å². The minimum atomic E-state index is -1.29. The zero-order chi connectivity index (χ0) is 24.8. The Morgan fingerprint density at radius 2 is 1.79 bits per heavy atom. The number of nitrogens with zero attached hydrogens (tertiary/aromatic N) is 2. The SMILES string of the molecule is Nc1nc(N)c2c(CCC(CCl)c3ccc(C(=O)N[C@@H](CCC(=O)O)C(=O)O)cc3)c[nH]c2n1. The van der Waals surface area contributed by atoms with Crippen molar-refractivity contribution in [3.63, 3.8) is 0 Å². The van der Waals surface area contributed by atoms with E-state index in [1.54, 1.807) is 24.3 Å². The van der Waals surface area contributed by atoms with Crippen LogP contribution in [0.25, 0.3) is 11.0 Å². The van der Waals surface area contributed by atoms with Gasteiger partial charge >= 0.3 is 11.9 Å². The van der Waals surface area contributed by atoms with E-state index in [2.05, 4.69) is 20.3 Å². The van der Waals surface area contributed by atoms with Gasteiger partial charge in [0, 0.05) is 24.1 Å². The van der Waals surface area contributed by atoms with Crippen molar-refractivity contribution >= 4 is 52.2 Å². The molecule has 0 bridgehead atoms. The molecule has 0 saturated carbocycles. The van der Waals surface area contributed by atoms with E-state index >= 15 is 0 Å². The second-order valence-electron chi connectivity index (χ2n) is 7.81. The van der Waals surface area contributed by atoms with Gasteiger partial charge in [0.15, 0.2) is 0 Å². The van der Waals surface area contributed by atoms with Crippen molar-refractivity contribution in [2.45, 2.75) is 37.6 Å². The summed E-state index contributed by atoms with van der Waals surface area (Å²) in [5, 5.41) is 21.0. The topological polar surface area (TPSA) is 197 Å². The van der Waals surface area contributed by atoms with E-state index in [1.807, 2.05) is 6.20 Å². The lowest BCUT2D eigenvalue weighted by molar-refractivity contribution is -0.140. The van der Waals surface area contributed by atoms with E-state index < -0.39 is 23.9 Å². The Hall–Kier alpha value is -3.86. The maximum atomic E-state index is 12.4. The number of nitrogens with one attached hydrogen (secondary N) is 2. The van der Waals surface area contributed by atoms with Crippen molar-refractivity contribution in [3.05, 3.63) is 47.2 Å². The average Bonchev–Trinajstić information content (AvgIpc) is 3.20. The Labute approximate surface area is 199 Å². The molecule has 12 heteroatoms. The van der Waals surface area contributed by atoms with Gasteiger partial charge in [-0.15, -0.1) is 11.6 Å². The van der Waals surface area contributed by atoms with Crippen LogP contribution in [0.5, 0.6) is 0 Å². The number of aliphatic carboxylic acids is 2. The number of aryl methyl sites for hydroxylation is 1. The van der Waals surface area contributed by atoms with Gasteiger partial charge in [-0.2, -0.15) is 9.97 Å². The number of benzene rings is 1. The summed E-state index contributed by atoms with van der Waals surface area (Å²) < 4.78 is 0. The third-order valence-electron chi connectivity index (χ3n) is 5.50. The summed E-state index contributed by atoms with van der Waals surface area (Å²) in [6.07, 6.45) is 2.59. The van der Waals surface area contributed by atoms with Crippen molar-refractivity contribution in [2.24, 2.45) is 0 Å². The first-order chi connectivity index (χ1) is 16.2. The van der Waals surface area contributed by atoms with Crippen molar-refractivity contribution in [1.29, 1.82) is 0 Å². The molecule has 11 nitrogen and oxygen atoms in total. The monoisotopic (exact) mass is 488 g/mol. The number of nitrogens with two attached hydrogens (primary N) is 2. The van der Waals surface area contributed by atoms with Crippen LogP contribution in [0.4, 0.5) is 11.8 Å². The summed E-state index contributed by atoms with van der Waals surface area (Å²) >= 11 is 6.21. The highest BCUT2D eigenvalue weighted by molar-refractivity contribution is 6.18. The van der Waals surface area contributed by atoms with Gasteiger partial charge in [-0.25, -0.2) is 4.79 Å². The number of amides is 1. The lowest BCUT2D eigenvalue weighted by Crippen LogP contribution is -2.41. The number of rotatable bonds is 11. The molecular weight excluding hydrogens is 464 g/mol. The number of aromatic amines is 1. The molecule has 180 valence electrons. The van der Waals surface area contributed by atoms with Crippen LogP contribution in [0.15, 0.2) is 30.5 Å². The van der Waals surface area contributed by atoms with Gasteiger partial charge in [0.05, 0.1) is 5.39 Å². The van der Waals surface area contributed by atoms with Crippen LogP contribution >= 0.6 is 11.6 Å². The smallest absolute Gasteiger partial charge is 0.326 e. The van der Waals surface area contributed by atoms with E-state index in [0.717, 1.165) is 16.5 Å². The van der Waals surface area contributed by atoms with Crippen molar-refractivity contribution in [3.8, 4) is 0 Å². The minimum absolute atomic E-state index is 0.0120. The predicted octanol–water partition coefficient (Wildman–Crippen LogP) is 2.13. The number of carboxylic acid groups (broad SMARTS) is 2. The molecule has 8 N–H and O–H groups in total. The Morgan fingerprint density at radius 1 is 1.09 bits per heavy atom. The Balaban J connectivity index is 1.66. The van der Waals surface area contributed by atoms with E-state index in [1.165, 1.54) is 0 Å². The molecule has 1 unspecified atom stereocenters. The van der Waals surface area contributed by atoms with Crippen LogP contribution in [0.1, 0.15) is 46.7 Å². The normalized spacial score (nSPS) is 12.9. The number of aromatic nitrogens is 3. The first-order valence-corrected chi connectivity index (χ1v) is 11.0. The molecule has 1 amide bonds. The predicted molar refractivity (Wildman–Crippen MR) is 127 cm³/mol. The molecule has 34 heavy (non-hydrogen) atoms. The number of alkyl halides is 1. The zero-order valence-corrected chi connectivity index (χ0v) is 18.9. The number of hydrogen-bond acceptors (Lipinski definition) is 7. The molecule has 0 aliphatic rings. The molecule has 3 aromatic rings. The number of nitrogen functional groups attached to an aromatic ring is 2. The summed E-state index contributed by atoms with van der Waals surface area (Å²) in [5.41, 5.74) is 14.3. The number of carboxylic acids is 2. The fourth-order valence-electron chi connectivity index (χ4n) is 3.68. The van der Waals surface area contributed by atoms with Crippen LogP contribution in [0, 0.1) is 0 Å². The summed E-state index contributed by atoms with van der Waals surface area (Å²) in [6, 6.07) is 5.41. The third-order valence-corrected chi connectivity index (χ3v) is 5.87. The molecular formula is C22H25ClN6O5. The maximum Gasteiger partial charge on any atom is 0.326 e. The van der Waals surface area contributed by atoms with E-state index in [4.69, 9.17) is 28.2 Å². The molecule has 1 aromatic carbocycles. The van der Waals surface area contributed by atoms with Gasteiger partial charge in [0.1, 0.15) is 17.5 Å². The Morgan fingerprint density at radius 3 is 2.41 bits per heavy atom. The van der Waals surface area contributed by atoms with E-state index in [0.29, 0.717) is 30.2 Å². The molecule has 2 heterocycles. The quantitative estimate of drug-likeness (QED) is 0.219. The Bertz CT molecular complexity index is 1200. The second-order valence-corrected chi connectivity index (χ2v) is 8.12. The molecule has 0 fully saturated rings. The van der Waals surface area contributed by atoms with Crippen molar-refractivity contribution in [2.75, 3.05) is 17.3 Å². The lowest BCUT2D eigenvalue weighted by Gasteiger charge is -2.16. The molecule has 0 aliphatic heterocycles. The van der Waals surface area contributed by atoms with Gasteiger partial charge in [0.25, 0.3) is 5.91 Å². The van der Waals surface area contributed by atoms with Gasteiger partial charge in [-0.1, -0.05) is 12.1 Å². The van der Waals surface area contributed by atoms with Crippen LogP contribution in [0.3, 0.4) is 0 Å². The average molecular weight is 489 g/mol. The molecule has 0 radical (unpaired) electrons. The van der Waals surface area contributed by atoms with Crippen LogP contribution in [-0.2, 0) is 16.0 Å². The summed E-state index contributed by atoms with van der Waals surface area (Å²) in [6.45, 7) is 0. The number of carbonyl (C=O) groups excluding carboxylic acids is 1. The molecule has 0 saturated heterocycles. The highest BCUT2D eigenvalue weighted by atomic mass is 35.5. The fourth-order valence-corrected chi connectivity index (χ4v) is 4.01. The molecule has 2 atom stereocenters. The Kier molecular flexibility index (Phi) is 7.90. The van der Waals surface area contributed by atoms with Crippen LogP contribution < -0.4 is 16.8 Å². The molecule has 3 rings (SSSR count). The summed E-state index contributed by atoms with van der Waals surface area (Å²) in [4.78, 5) is 45.6. The first kappa shape index (κ1) is 24.8. The highest BCUT2D eigenvalue weighted by Gasteiger charge is 2.22. The number of H-pyrrole nitrogens is 1. The third kappa shape index (κ3) is 5.93. The first-order valence-electron chi connectivity index (χ1n) is 10.5. The van der Waals surface area contributed by atoms with Gasteiger partial charge in [-0.05, 0) is 48.4 Å². The van der Waals surface area contributed by atoms with E-state index in [-0.39, 0.29) is 30.3 Å². The zero-order valence-electron chi connectivity index (χ0n) is 18.1. The number of halogens is 1. The second kappa shape index (κ2) is 10.8. The summed E-state index contributed by atoms with van der Waals surface area (Å²) in [5.74, 6) is -2.29. The number of carbonyl (C=O) groups is 3. The number of hydrogen-bond donors (Lipinski definition) is 6. The van der Waals surface area contributed by atoms with Crippen molar-refractivity contribution in [1.82, 2.24) is 20.3 Å². The largest absolute Gasteiger partial charge is 0.481 e. The molecule has 0 spiro atoms. The standard InChI is InChI=1S/C22H25ClN6O5/c23-9-13(5-6-14-10-26-19-17(14)18(24)28-22(25)29-19)11-1-3-12(4-2-11)20(32)27-15(21(33)34)7-8-16(30)31/h1-4,10,13,15H,5-9H2,(H,27,32)(H,30,31)(H,33,34)(H5,24,25,26,28,29)/t13?,15-/m0/s1. The van der Waals surface area contributed by atoms with Gasteiger partial charge in [0.2, 0.25) is 5.95 Å². The molecule has 2 aromatic heterocycles. The van der Waals surface area contributed by atoms with Gasteiger partial charge in [-0.3, -0.25) is 9.59 Å². The minimum Gasteiger partial charge on any atom is -0.481 e.